The van der Waals surface area contributed by atoms with Crippen LogP contribution in [0.25, 0.3) is 0 Å². The van der Waals surface area contributed by atoms with Crippen molar-refractivity contribution < 1.29 is 13.2 Å². The fourth-order valence-electron chi connectivity index (χ4n) is 2.41. The number of nitrogens with zero attached hydrogens (tertiary/aromatic N) is 1. The molecule has 0 aliphatic rings. The van der Waals surface area contributed by atoms with Gasteiger partial charge in [-0.1, -0.05) is 30.7 Å². The maximum Gasteiger partial charge on any atom is 0.242 e. The van der Waals surface area contributed by atoms with Gasteiger partial charge in [-0.3, -0.25) is 4.79 Å². The number of halogens is 1. The first-order valence-corrected chi connectivity index (χ1v) is 10.4. The number of carbonyl (C=O) groups excluding carboxylic acids is 1. The molecule has 146 valence electrons. The van der Waals surface area contributed by atoms with Crippen molar-refractivity contribution in [2.45, 2.75) is 31.2 Å². The first-order valence-electron chi connectivity index (χ1n) is 8.58. The zero-order chi connectivity index (χ0) is 20.0. The first-order chi connectivity index (χ1) is 12.7. The zero-order valence-electron chi connectivity index (χ0n) is 15.6. The highest BCUT2D eigenvalue weighted by Crippen LogP contribution is 2.26. The minimum absolute atomic E-state index is 0.0487. The van der Waals surface area contributed by atoms with Gasteiger partial charge in [0.2, 0.25) is 15.9 Å². The molecule has 2 N–H and O–H groups in total. The molecule has 0 saturated carbocycles. The third kappa shape index (κ3) is 5.69. The molecule has 2 aromatic carbocycles. The summed E-state index contributed by atoms with van der Waals surface area (Å²) < 4.78 is 25.7. The average Bonchev–Trinajstić information content (AvgIpc) is 2.62. The lowest BCUT2D eigenvalue weighted by molar-refractivity contribution is -0.116. The molecule has 0 bridgehead atoms. The number of anilines is 2. The fraction of sp³-hybridized carbons (Fsp3) is 0.316. The number of benzene rings is 2. The molecule has 0 fully saturated rings. The van der Waals surface area contributed by atoms with Crippen molar-refractivity contribution in [2.75, 3.05) is 24.7 Å². The van der Waals surface area contributed by atoms with Crippen molar-refractivity contribution in [3.05, 3.63) is 53.1 Å². The van der Waals surface area contributed by atoms with Gasteiger partial charge in [0, 0.05) is 32.7 Å². The van der Waals surface area contributed by atoms with Gasteiger partial charge in [0.25, 0.3) is 0 Å². The summed E-state index contributed by atoms with van der Waals surface area (Å²) in [4.78, 5) is 12.0. The first kappa shape index (κ1) is 21.2. The monoisotopic (exact) mass is 409 g/mol. The van der Waals surface area contributed by atoms with E-state index in [2.05, 4.69) is 10.6 Å². The van der Waals surface area contributed by atoms with Gasteiger partial charge in [-0.2, -0.15) is 0 Å². The summed E-state index contributed by atoms with van der Waals surface area (Å²) in [6, 6.07) is 11.9. The topological polar surface area (TPSA) is 78.5 Å². The van der Waals surface area contributed by atoms with E-state index in [9.17, 15) is 13.2 Å². The SMILES string of the molecule is CCCC(=O)Nc1ccc(Cl)c(NCc2cccc(S(=O)(=O)N(C)C)c2)c1. The quantitative estimate of drug-likeness (QED) is 0.692. The largest absolute Gasteiger partial charge is 0.380 e. The molecule has 8 heteroatoms. The van der Waals surface area contributed by atoms with E-state index in [0.29, 0.717) is 29.4 Å². The summed E-state index contributed by atoms with van der Waals surface area (Å²) in [6.07, 6.45) is 1.23. The van der Waals surface area contributed by atoms with Crippen LogP contribution in [0.1, 0.15) is 25.3 Å². The molecule has 2 aromatic rings. The Kier molecular flexibility index (Phi) is 7.24. The Morgan fingerprint density at radius 2 is 1.89 bits per heavy atom. The number of nitrogens with one attached hydrogen (secondary N) is 2. The van der Waals surface area contributed by atoms with Crippen LogP contribution in [0.3, 0.4) is 0 Å². The number of amides is 1. The maximum absolute atomic E-state index is 12.3. The van der Waals surface area contributed by atoms with Crippen LogP contribution >= 0.6 is 11.6 Å². The van der Waals surface area contributed by atoms with Crippen LogP contribution in [0.15, 0.2) is 47.4 Å². The van der Waals surface area contributed by atoms with Crippen LogP contribution in [0.4, 0.5) is 11.4 Å². The van der Waals surface area contributed by atoms with Crippen LogP contribution in [0.5, 0.6) is 0 Å². The van der Waals surface area contributed by atoms with E-state index in [1.54, 1.807) is 36.4 Å². The molecule has 0 unspecified atom stereocenters. The number of sulfonamides is 1. The molecule has 0 saturated heterocycles. The highest BCUT2D eigenvalue weighted by molar-refractivity contribution is 7.89. The Bertz CT molecular complexity index is 914. The van der Waals surface area contributed by atoms with Gasteiger partial charge in [0.05, 0.1) is 15.6 Å². The molecule has 2 rings (SSSR count). The molecule has 0 radical (unpaired) electrons. The second kappa shape index (κ2) is 9.21. The molecule has 1 amide bonds. The number of carbonyl (C=O) groups is 1. The standard InChI is InChI=1S/C19H24ClN3O3S/c1-4-6-19(24)22-15-9-10-17(20)18(12-15)21-13-14-7-5-8-16(11-14)27(25,26)23(2)3/h5,7-12,21H,4,6,13H2,1-3H3,(H,22,24). The second-order valence-electron chi connectivity index (χ2n) is 6.28. The second-order valence-corrected chi connectivity index (χ2v) is 8.84. The molecule has 0 spiro atoms. The predicted octanol–water partition coefficient (Wildman–Crippen LogP) is 3.94. The summed E-state index contributed by atoms with van der Waals surface area (Å²) in [7, 11) is -0.487. The molecular weight excluding hydrogens is 386 g/mol. The van der Waals surface area contributed by atoms with Gasteiger partial charge in [-0.15, -0.1) is 0 Å². The summed E-state index contributed by atoms with van der Waals surface area (Å²) in [5, 5.41) is 6.53. The molecule has 0 aromatic heterocycles. The number of rotatable bonds is 8. The van der Waals surface area contributed by atoms with E-state index in [1.165, 1.54) is 18.4 Å². The zero-order valence-corrected chi connectivity index (χ0v) is 17.2. The molecule has 0 atom stereocenters. The van der Waals surface area contributed by atoms with Gasteiger partial charge in [0.15, 0.2) is 0 Å². The fourth-order valence-corrected chi connectivity index (χ4v) is 3.57. The van der Waals surface area contributed by atoms with Gasteiger partial charge in [-0.05, 0) is 42.3 Å². The lowest BCUT2D eigenvalue weighted by Crippen LogP contribution is -2.22. The summed E-state index contributed by atoms with van der Waals surface area (Å²) >= 11 is 6.23. The lowest BCUT2D eigenvalue weighted by atomic mass is 10.2. The number of hydrogen-bond donors (Lipinski definition) is 2. The summed E-state index contributed by atoms with van der Waals surface area (Å²) in [5.74, 6) is -0.0487. The van der Waals surface area contributed by atoms with Gasteiger partial charge in [0.1, 0.15) is 0 Å². The summed E-state index contributed by atoms with van der Waals surface area (Å²) in [6.45, 7) is 2.34. The Labute approximate surface area is 165 Å². The van der Waals surface area contributed by atoms with Crippen LogP contribution in [-0.4, -0.2) is 32.7 Å². The Morgan fingerprint density at radius 3 is 2.56 bits per heavy atom. The molecule has 0 heterocycles. The van der Waals surface area contributed by atoms with E-state index in [4.69, 9.17) is 11.6 Å². The van der Waals surface area contributed by atoms with Crippen molar-refractivity contribution in [1.82, 2.24) is 4.31 Å². The molecule has 6 nitrogen and oxygen atoms in total. The molecule has 27 heavy (non-hydrogen) atoms. The highest BCUT2D eigenvalue weighted by Gasteiger charge is 2.17. The van der Waals surface area contributed by atoms with Crippen molar-refractivity contribution in [3.63, 3.8) is 0 Å². The van der Waals surface area contributed by atoms with E-state index in [-0.39, 0.29) is 10.8 Å². The predicted molar refractivity (Wildman–Crippen MR) is 110 cm³/mol. The van der Waals surface area contributed by atoms with E-state index < -0.39 is 10.0 Å². The van der Waals surface area contributed by atoms with E-state index >= 15 is 0 Å². The minimum Gasteiger partial charge on any atom is -0.380 e. The summed E-state index contributed by atoms with van der Waals surface area (Å²) in [5.41, 5.74) is 2.12. The van der Waals surface area contributed by atoms with Crippen LogP contribution in [0, 0.1) is 0 Å². The lowest BCUT2D eigenvalue weighted by Gasteiger charge is -2.14. The van der Waals surface area contributed by atoms with Gasteiger partial charge >= 0.3 is 0 Å². The van der Waals surface area contributed by atoms with Crippen molar-refractivity contribution in [1.29, 1.82) is 0 Å². The highest BCUT2D eigenvalue weighted by atomic mass is 35.5. The smallest absolute Gasteiger partial charge is 0.242 e. The normalized spacial score (nSPS) is 11.4. The Morgan fingerprint density at radius 1 is 1.15 bits per heavy atom. The Balaban J connectivity index is 2.14. The molecule has 0 aliphatic carbocycles. The van der Waals surface area contributed by atoms with Crippen molar-refractivity contribution >= 4 is 38.9 Å². The number of hydrogen-bond acceptors (Lipinski definition) is 4. The molecule has 0 aliphatic heterocycles. The van der Waals surface area contributed by atoms with Crippen LogP contribution < -0.4 is 10.6 Å². The maximum atomic E-state index is 12.3. The van der Waals surface area contributed by atoms with Gasteiger partial charge < -0.3 is 10.6 Å². The average molecular weight is 410 g/mol. The van der Waals surface area contributed by atoms with E-state index in [1.807, 2.05) is 13.0 Å². The third-order valence-electron chi connectivity index (χ3n) is 3.89. The van der Waals surface area contributed by atoms with Crippen LogP contribution in [-0.2, 0) is 21.4 Å². The molecular formula is C19H24ClN3O3S. The minimum atomic E-state index is -3.48. The van der Waals surface area contributed by atoms with E-state index in [0.717, 1.165) is 12.0 Å². The van der Waals surface area contributed by atoms with Crippen molar-refractivity contribution in [2.24, 2.45) is 0 Å². The Hall–Kier alpha value is -2.09. The van der Waals surface area contributed by atoms with Crippen molar-refractivity contribution in [3.8, 4) is 0 Å². The third-order valence-corrected chi connectivity index (χ3v) is 6.03. The van der Waals surface area contributed by atoms with Crippen LogP contribution in [0.2, 0.25) is 5.02 Å². The van der Waals surface area contributed by atoms with Gasteiger partial charge in [-0.25, -0.2) is 12.7 Å².